The number of nitrogens with one attached hydrogen (secondary N) is 2. The normalized spacial score (nSPS) is 16.2. The third-order valence-corrected chi connectivity index (χ3v) is 5.68. The van der Waals surface area contributed by atoms with Gasteiger partial charge in [-0.05, 0) is 42.5 Å². The van der Waals surface area contributed by atoms with E-state index in [4.69, 9.17) is 0 Å². The van der Waals surface area contributed by atoms with E-state index in [0.29, 0.717) is 36.9 Å². The quantitative estimate of drug-likeness (QED) is 0.713. The first-order valence-corrected chi connectivity index (χ1v) is 10.7. The average molecular weight is 394 g/mol. The molecule has 6 nitrogen and oxygen atoms in total. The summed E-state index contributed by atoms with van der Waals surface area (Å²) in [5.74, 6) is 0.216. The van der Waals surface area contributed by atoms with Gasteiger partial charge in [-0.2, -0.15) is 0 Å². The molecule has 0 aliphatic carbocycles. The molecule has 2 N–H and O–H groups in total. The Morgan fingerprint density at radius 1 is 1.26 bits per heavy atom. The van der Waals surface area contributed by atoms with Crippen molar-refractivity contribution in [3.8, 4) is 0 Å². The first-order chi connectivity index (χ1) is 12.9. The molecule has 1 aromatic rings. The van der Waals surface area contributed by atoms with Crippen molar-refractivity contribution in [2.75, 3.05) is 19.6 Å². The van der Waals surface area contributed by atoms with Crippen LogP contribution in [0.5, 0.6) is 0 Å². The summed E-state index contributed by atoms with van der Waals surface area (Å²) in [5.41, 5.74) is 0. The highest BCUT2D eigenvalue weighted by Crippen LogP contribution is 2.23. The molecule has 1 aromatic heterocycles. The number of piperidine rings is 1. The van der Waals surface area contributed by atoms with Crippen LogP contribution in [-0.4, -0.2) is 48.3 Å². The first-order valence-electron chi connectivity index (χ1n) is 9.82. The van der Waals surface area contributed by atoms with E-state index >= 15 is 0 Å². The zero-order valence-corrected chi connectivity index (χ0v) is 17.3. The lowest BCUT2D eigenvalue weighted by Gasteiger charge is -2.36. The Balaban J connectivity index is 2.00. The number of nitrogens with zero attached hydrogens (tertiary/aromatic N) is 1. The first kappa shape index (κ1) is 21.4. The predicted octanol–water partition coefficient (Wildman–Crippen LogP) is 2.66. The summed E-state index contributed by atoms with van der Waals surface area (Å²) < 4.78 is 0. The minimum atomic E-state index is -0.562. The van der Waals surface area contributed by atoms with E-state index in [0.717, 1.165) is 19.3 Å². The van der Waals surface area contributed by atoms with Gasteiger partial charge in [0.25, 0.3) is 5.91 Å². The molecule has 1 aliphatic rings. The topological polar surface area (TPSA) is 78.5 Å². The van der Waals surface area contributed by atoms with Gasteiger partial charge in [0.1, 0.15) is 6.04 Å². The van der Waals surface area contributed by atoms with Crippen molar-refractivity contribution in [2.24, 2.45) is 11.8 Å². The highest BCUT2D eigenvalue weighted by Gasteiger charge is 2.34. The second-order valence-electron chi connectivity index (χ2n) is 7.54. The fourth-order valence-corrected chi connectivity index (χ4v) is 3.96. The highest BCUT2D eigenvalue weighted by molar-refractivity contribution is 7.12. The van der Waals surface area contributed by atoms with Crippen LogP contribution in [-0.2, 0) is 9.59 Å². The summed E-state index contributed by atoms with van der Waals surface area (Å²) in [6, 6.07) is 3.02. The monoisotopic (exact) mass is 393 g/mol. The molecule has 1 saturated heterocycles. The molecule has 2 heterocycles. The van der Waals surface area contributed by atoms with Gasteiger partial charge < -0.3 is 15.5 Å². The second-order valence-corrected chi connectivity index (χ2v) is 8.48. The SMILES string of the molecule is CCCNC(=O)[C@@H](NC(=O)c1cccs1)C1CCN(C(=O)CC(C)C)CC1. The maximum atomic E-state index is 12.7. The van der Waals surface area contributed by atoms with Gasteiger partial charge in [0, 0.05) is 26.1 Å². The van der Waals surface area contributed by atoms with Crippen molar-refractivity contribution in [1.82, 2.24) is 15.5 Å². The molecule has 1 atom stereocenters. The minimum Gasteiger partial charge on any atom is -0.354 e. The number of carbonyl (C=O) groups excluding carboxylic acids is 3. The number of hydrogen-bond donors (Lipinski definition) is 2. The van der Waals surface area contributed by atoms with Crippen LogP contribution >= 0.6 is 11.3 Å². The number of rotatable bonds is 8. The molecule has 0 radical (unpaired) electrons. The molecular weight excluding hydrogens is 362 g/mol. The zero-order chi connectivity index (χ0) is 19.8. The molecule has 7 heteroatoms. The number of carbonyl (C=O) groups is 3. The second kappa shape index (κ2) is 10.4. The highest BCUT2D eigenvalue weighted by atomic mass is 32.1. The average Bonchev–Trinajstić information content (AvgIpc) is 3.18. The van der Waals surface area contributed by atoms with Crippen LogP contribution in [0.4, 0.5) is 0 Å². The smallest absolute Gasteiger partial charge is 0.262 e. The summed E-state index contributed by atoms with van der Waals surface area (Å²) in [6.45, 7) is 7.96. The number of amides is 3. The molecule has 0 bridgehead atoms. The molecule has 0 spiro atoms. The third-order valence-electron chi connectivity index (χ3n) is 4.81. The van der Waals surface area contributed by atoms with Crippen LogP contribution in [0.25, 0.3) is 0 Å². The Kier molecular flexibility index (Phi) is 8.28. The van der Waals surface area contributed by atoms with E-state index in [1.165, 1.54) is 11.3 Å². The van der Waals surface area contributed by atoms with Crippen LogP contribution in [0.3, 0.4) is 0 Å². The van der Waals surface area contributed by atoms with E-state index < -0.39 is 6.04 Å². The van der Waals surface area contributed by atoms with Crippen molar-refractivity contribution >= 4 is 29.1 Å². The Hall–Kier alpha value is -1.89. The summed E-state index contributed by atoms with van der Waals surface area (Å²) in [4.78, 5) is 39.9. The van der Waals surface area contributed by atoms with E-state index in [9.17, 15) is 14.4 Å². The van der Waals surface area contributed by atoms with Crippen LogP contribution in [0.2, 0.25) is 0 Å². The minimum absolute atomic E-state index is 0.0360. The maximum Gasteiger partial charge on any atom is 0.262 e. The molecule has 150 valence electrons. The molecule has 0 unspecified atom stereocenters. The molecule has 0 aromatic carbocycles. The van der Waals surface area contributed by atoms with Gasteiger partial charge in [0.15, 0.2) is 0 Å². The van der Waals surface area contributed by atoms with Crippen LogP contribution in [0.1, 0.15) is 56.1 Å². The van der Waals surface area contributed by atoms with Gasteiger partial charge in [-0.25, -0.2) is 0 Å². The lowest BCUT2D eigenvalue weighted by Crippen LogP contribution is -2.53. The molecule has 2 rings (SSSR count). The Morgan fingerprint density at radius 3 is 2.52 bits per heavy atom. The summed E-state index contributed by atoms with van der Waals surface area (Å²) in [6.07, 6.45) is 2.84. The van der Waals surface area contributed by atoms with E-state index in [1.807, 2.05) is 37.1 Å². The number of likely N-dealkylation sites (tertiary alicyclic amines) is 1. The van der Waals surface area contributed by atoms with E-state index in [1.54, 1.807) is 6.07 Å². The molecule has 27 heavy (non-hydrogen) atoms. The number of hydrogen-bond acceptors (Lipinski definition) is 4. The van der Waals surface area contributed by atoms with Gasteiger partial charge >= 0.3 is 0 Å². The van der Waals surface area contributed by atoms with Crippen LogP contribution < -0.4 is 10.6 Å². The Labute approximate surface area is 165 Å². The molecule has 1 aliphatic heterocycles. The van der Waals surface area contributed by atoms with Gasteiger partial charge in [-0.15, -0.1) is 11.3 Å². The van der Waals surface area contributed by atoms with Crippen molar-refractivity contribution in [3.05, 3.63) is 22.4 Å². The van der Waals surface area contributed by atoms with Crippen LogP contribution in [0.15, 0.2) is 17.5 Å². The summed E-state index contributed by atoms with van der Waals surface area (Å²) in [5, 5.41) is 7.69. The van der Waals surface area contributed by atoms with Crippen molar-refractivity contribution in [1.29, 1.82) is 0 Å². The fraction of sp³-hybridized carbons (Fsp3) is 0.650. The standard InChI is InChI=1S/C20H31N3O3S/c1-4-9-21-20(26)18(22-19(25)16-6-5-12-27-16)15-7-10-23(11-8-15)17(24)13-14(2)3/h5-6,12,14-15,18H,4,7-11,13H2,1-3H3,(H,21,26)(H,22,25)/t18-/m0/s1. The van der Waals surface area contributed by atoms with Crippen molar-refractivity contribution in [2.45, 2.75) is 52.5 Å². The fourth-order valence-electron chi connectivity index (χ4n) is 3.34. The van der Waals surface area contributed by atoms with Crippen molar-refractivity contribution in [3.63, 3.8) is 0 Å². The van der Waals surface area contributed by atoms with Gasteiger partial charge in [0.05, 0.1) is 4.88 Å². The molecule has 0 saturated carbocycles. The molecular formula is C20H31N3O3S. The summed E-state index contributed by atoms with van der Waals surface area (Å²) >= 11 is 1.36. The van der Waals surface area contributed by atoms with Gasteiger partial charge in [-0.3, -0.25) is 14.4 Å². The number of thiophene rings is 1. The Bertz CT molecular complexity index is 622. The summed E-state index contributed by atoms with van der Waals surface area (Å²) in [7, 11) is 0. The predicted molar refractivity (Wildman–Crippen MR) is 108 cm³/mol. The van der Waals surface area contributed by atoms with Gasteiger partial charge in [-0.1, -0.05) is 26.8 Å². The van der Waals surface area contributed by atoms with Crippen molar-refractivity contribution < 1.29 is 14.4 Å². The zero-order valence-electron chi connectivity index (χ0n) is 16.5. The maximum absolute atomic E-state index is 12.7. The van der Waals surface area contributed by atoms with Crippen LogP contribution in [0, 0.1) is 11.8 Å². The molecule has 3 amide bonds. The lowest BCUT2D eigenvalue weighted by atomic mass is 9.88. The lowest BCUT2D eigenvalue weighted by molar-refractivity contribution is -0.133. The third kappa shape index (κ3) is 6.34. The van der Waals surface area contributed by atoms with Gasteiger partial charge in [0.2, 0.25) is 11.8 Å². The van der Waals surface area contributed by atoms with E-state index in [-0.39, 0.29) is 23.6 Å². The van der Waals surface area contributed by atoms with E-state index in [2.05, 4.69) is 10.6 Å². The largest absolute Gasteiger partial charge is 0.354 e. The Morgan fingerprint density at radius 2 is 1.96 bits per heavy atom. The molecule has 1 fully saturated rings.